The van der Waals surface area contributed by atoms with E-state index in [2.05, 4.69) is 36.5 Å². The molecule has 5 aromatic rings. The SMILES string of the molecule is CC(NCCS(=O)(=O)C(C)C)c1nc(-c2ccc3ncnc(Nc4ccc(OCc5cccc(F)c5)c(Br)c4)c3c2)cs1. The number of thiazole rings is 1. The number of nitrogens with one attached hydrogen (secondary N) is 2. The van der Waals surface area contributed by atoms with Gasteiger partial charge >= 0.3 is 0 Å². The molecule has 0 aliphatic rings. The van der Waals surface area contributed by atoms with E-state index in [0.717, 1.165) is 42.9 Å². The van der Waals surface area contributed by atoms with Crippen LogP contribution in [0.1, 0.15) is 37.4 Å². The maximum absolute atomic E-state index is 13.5. The van der Waals surface area contributed by atoms with Crippen LogP contribution in [0.5, 0.6) is 5.75 Å². The lowest BCUT2D eigenvalue weighted by atomic mass is 10.1. The third kappa shape index (κ3) is 7.74. The van der Waals surface area contributed by atoms with Crippen LogP contribution in [0, 0.1) is 5.82 Å². The van der Waals surface area contributed by atoms with Gasteiger partial charge < -0.3 is 15.4 Å². The van der Waals surface area contributed by atoms with E-state index in [1.807, 2.05) is 54.8 Å². The fourth-order valence-corrected chi connectivity index (χ4v) is 6.52. The van der Waals surface area contributed by atoms with Crippen molar-refractivity contribution in [2.75, 3.05) is 17.6 Å². The minimum Gasteiger partial charge on any atom is -0.488 e. The molecule has 2 aromatic heterocycles. The molecule has 0 fully saturated rings. The molecule has 0 radical (unpaired) electrons. The molecule has 224 valence electrons. The summed E-state index contributed by atoms with van der Waals surface area (Å²) in [5.74, 6) is 1.07. The highest BCUT2D eigenvalue weighted by atomic mass is 79.9. The molecule has 1 unspecified atom stereocenters. The normalized spacial score (nSPS) is 12.5. The van der Waals surface area contributed by atoms with Crippen LogP contribution < -0.4 is 15.4 Å². The molecule has 0 spiro atoms. The van der Waals surface area contributed by atoms with Crippen molar-refractivity contribution in [2.24, 2.45) is 0 Å². The molecular formula is C31H31BrFN5O3S2. The Bertz CT molecular complexity index is 1850. The Morgan fingerprint density at radius 3 is 2.65 bits per heavy atom. The summed E-state index contributed by atoms with van der Waals surface area (Å²) in [5, 5.41) is 9.98. The first kappa shape index (κ1) is 31.0. The van der Waals surface area contributed by atoms with Gasteiger partial charge in [-0.1, -0.05) is 18.2 Å². The fourth-order valence-electron chi connectivity index (χ4n) is 4.30. The highest BCUT2D eigenvalue weighted by Crippen LogP contribution is 2.33. The summed E-state index contributed by atoms with van der Waals surface area (Å²) in [6.45, 7) is 6.00. The summed E-state index contributed by atoms with van der Waals surface area (Å²) in [5.41, 5.74) is 4.07. The number of nitrogens with zero attached hydrogens (tertiary/aromatic N) is 3. The maximum Gasteiger partial charge on any atom is 0.153 e. The Balaban J connectivity index is 1.29. The quantitative estimate of drug-likeness (QED) is 0.140. The van der Waals surface area contributed by atoms with Gasteiger partial charge in [-0.2, -0.15) is 0 Å². The van der Waals surface area contributed by atoms with Crippen LogP contribution in [0.3, 0.4) is 0 Å². The lowest BCUT2D eigenvalue weighted by Gasteiger charge is -2.13. The van der Waals surface area contributed by atoms with Crippen LogP contribution in [0.25, 0.3) is 22.2 Å². The number of benzene rings is 3. The van der Waals surface area contributed by atoms with E-state index in [9.17, 15) is 12.8 Å². The predicted octanol–water partition coefficient (Wildman–Crippen LogP) is 7.45. The van der Waals surface area contributed by atoms with Gasteiger partial charge in [-0.05, 0) is 84.7 Å². The van der Waals surface area contributed by atoms with Crippen LogP contribution in [0.4, 0.5) is 15.9 Å². The third-order valence-electron chi connectivity index (χ3n) is 6.86. The Morgan fingerprint density at radius 1 is 1.05 bits per heavy atom. The summed E-state index contributed by atoms with van der Waals surface area (Å²) in [6.07, 6.45) is 1.52. The highest BCUT2D eigenvalue weighted by molar-refractivity contribution is 9.10. The minimum absolute atomic E-state index is 0.0820. The van der Waals surface area contributed by atoms with Crippen molar-refractivity contribution in [1.29, 1.82) is 0 Å². The fraction of sp³-hybridized carbons (Fsp3) is 0.258. The molecule has 8 nitrogen and oxygen atoms in total. The summed E-state index contributed by atoms with van der Waals surface area (Å²) < 4.78 is 44.3. The van der Waals surface area contributed by atoms with Crippen molar-refractivity contribution in [3.05, 3.63) is 93.2 Å². The number of hydrogen-bond donors (Lipinski definition) is 2. The molecule has 0 amide bonds. The number of rotatable bonds is 12. The third-order valence-corrected chi connectivity index (χ3v) is 10.7. The highest BCUT2D eigenvalue weighted by Gasteiger charge is 2.18. The molecule has 12 heteroatoms. The topological polar surface area (TPSA) is 106 Å². The van der Waals surface area contributed by atoms with Gasteiger partial charge in [-0.25, -0.2) is 27.8 Å². The van der Waals surface area contributed by atoms with Gasteiger partial charge in [-0.15, -0.1) is 11.3 Å². The molecule has 3 aromatic carbocycles. The van der Waals surface area contributed by atoms with Gasteiger partial charge in [0.05, 0.1) is 32.7 Å². The zero-order valence-electron chi connectivity index (χ0n) is 23.8. The number of aromatic nitrogens is 3. The molecule has 2 heterocycles. The second-order valence-corrected chi connectivity index (χ2v) is 14.7. The van der Waals surface area contributed by atoms with Gasteiger partial charge in [0, 0.05) is 28.6 Å². The number of sulfone groups is 1. The van der Waals surface area contributed by atoms with Crippen LogP contribution >= 0.6 is 27.3 Å². The Kier molecular flexibility index (Phi) is 9.70. The number of hydrogen-bond acceptors (Lipinski definition) is 9. The van der Waals surface area contributed by atoms with Crippen LogP contribution in [-0.4, -0.2) is 40.9 Å². The Morgan fingerprint density at radius 2 is 1.88 bits per heavy atom. The molecule has 0 saturated heterocycles. The van der Waals surface area contributed by atoms with E-state index in [1.54, 1.807) is 19.9 Å². The monoisotopic (exact) mass is 683 g/mol. The summed E-state index contributed by atoms with van der Waals surface area (Å²) in [7, 11) is -3.10. The second kappa shape index (κ2) is 13.5. The van der Waals surface area contributed by atoms with Crippen LogP contribution in [-0.2, 0) is 16.4 Å². The molecular weight excluding hydrogens is 653 g/mol. The van der Waals surface area contributed by atoms with Crippen molar-refractivity contribution in [3.8, 4) is 17.0 Å². The van der Waals surface area contributed by atoms with Crippen molar-refractivity contribution >= 4 is 59.5 Å². The summed E-state index contributed by atoms with van der Waals surface area (Å²) in [4.78, 5) is 13.7. The molecule has 43 heavy (non-hydrogen) atoms. The first-order chi connectivity index (χ1) is 20.6. The number of halogens is 2. The average molecular weight is 685 g/mol. The molecule has 0 aliphatic heterocycles. The zero-order valence-corrected chi connectivity index (χ0v) is 27.1. The van der Waals surface area contributed by atoms with E-state index < -0.39 is 9.84 Å². The van der Waals surface area contributed by atoms with Gasteiger partial charge in [0.1, 0.15) is 35.3 Å². The lowest BCUT2D eigenvalue weighted by Crippen LogP contribution is -2.28. The standard InChI is InChI=1S/C31H31BrFN5O3S2/c1-19(2)43(39,40)12-11-34-20(3)31-38-28(17-42-31)22-7-9-27-25(14-22)30(36-18-35-27)37-24-8-10-29(26(32)15-24)41-16-21-5-4-6-23(33)13-21/h4-10,13-15,17-20,34H,11-12,16H2,1-3H3,(H,35,36,37). The first-order valence-corrected chi connectivity index (χ1v) is 17.1. The Hall–Kier alpha value is -3.45. The van der Waals surface area contributed by atoms with Crippen molar-refractivity contribution < 1.29 is 17.5 Å². The lowest BCUT2D eigenvalue weighted by molar-refractivity contribution is 0.303. The molecule has 0 bridgehead atoms. The van der Waals surface area contributed by atoms with E-state index in [1.165, 1.54) is 29.8 Å². The summed E-state index contributed by atoms with van der Waals surface area (Å²) in [6, 6.07) is 17.8. The van der Waals surface area contributed by atoms with Crippen LogP contribution in [0.2, 0.25) is 0 Å². The van der Waals surface area contributed by atoms with Gasteiger partial charge in [-0.3, -0.25) is 0 Å². The molecule has 5 rings (SSSR count). The molecule has 0 saturated carbocycles. The Labute approximate surface area is 262 Å². The smallest absolute Gasteiger partial charge is 0.153 e. The molecule has 2 N–H and O–H groups in total. The van der Waals surface area contributed by atoms with Gasteiger partial charge in [0.2, 0.25) is 0 Å². The maximum atomic E-state index is 13.5. The molecule has 1 atom stereocenters. The largest absolute Gasteiger partial charge is 0.488 e. The minimum atomic E-state index is -3.10. The van der Waals surface area contributed by atoms with Gasteiger partial charge in [0.15, 0.2) is 9.84 Å². The van der Waals surface area contributed by atoms with Crippen molar-refractivity contribution in [3.63, 3.8) is 0 Å². The number of fused-ring (bicyclic) bond motifs is 1. The predicted molar refractivity (Wildman–Crippen MR) is 174 cm³/mol. The zero-order chi connectivity index (χ0) is 30.6. The summed E-state index contributed by atoms with van der Waals surface area (Å²) >= 11 is 5.10. The van der Waals surface area contributed by atoms with Crippen LogP contribution in [0.15, 0.2) is 76.8 Å². The van der Waals surface area contributed by atoms with Gasteiger partial charge in [0.25, 0.3) is 0 Å². The van der Waals surface area contributed by atoms with Crippen molar-refractivity contribution in [1.82, 2.24) is 20.3 Å². The van der Waals surface area contributed by atoms with E-state index in [4.69, 9.17) is 9.72 Å². The second-order valence-electron chi connectivity index (χ2n) is 10.3. The average Bonchev–Trinajstić information content (AvgIpc) is 3.47. The number of anilines is 2. The van der Waals surface area contributed by atoms with E-state index >= 15 is 0 Å². The first-order valence-electron chi connectivity index (χ1n) is 13.7. The van der Waals surface area contributed by atoms with E-state index in [-0.39, 0.29) is 29.5 Å². The number of ether oxygens (including phenoxy) is 1. The van der Waals surface area contributed by atoms with E-state index in [0.29, 0.717) is 18.1 Å². The molecule has 0 aliphatic carbocycles. The van der Waals surface area contributed by atoms with Crippen molar-refractivity contribution in [2.45, 2.75) is 38.7 Å².